The number of hydrogen-bond acceptors (Lipinski definition) is 1. The summed E-state index contributed by atoms with van der Waals surface area (Å²) < 4.78 is 27.0. The maximum absolute atomic E-state index is 13.7. The second kappa shape index (κ2) is 4.05. The molecule has 1 nitrogen and oxygen atoms in total. The fourth-order valence-electron chi connectivity index (χ4n) is 1.57. The lowest BCUT2D eigenvalue weighted by molar-refractivity contribution is 0.554. The SMILES string of the molecule is Cc1cc(F)c(C)c(C(C)CN)c1F. The van der Waals surface area contributed by atoms with E-state index < -0.39 is 0 Å². The van der Waals surface area contributed by atoms with Crippen molar-refractivity contribution in [3.63, 3.8) is 0 Å². The van der Waals surface area contributed by atoms with E-state index in [1.807, 2.05) is 0 Å². The van der Waals surface area contributed by atoms with Crippen LogP contribution >= 0.6 is 0 Å². The molecule has 3 heteroatoms. The Bertz CT molecular complexity index is 321. The van der Waals surface area contributed by atoms with Gasteiger partial charge in [-0.25, -0.2) is 8.78 Å². The third kappa shape index (κ3) is 1.77. The van der Waals surface area contributed by atoms with Gasteiger partial charge in [0.15, 0.2) is 0 Å². The fourth-order valence-corrected chi connectivity index (χ4v) is 1.57. The quantitative estimate of drug-likeness (QED) is 0.778. The summed E-state index contributed by atoms with van der Waals surface area (Å²) in [6.07, 6.45) is 0. The Morgan fingerprint density at radius 3 is 2.43 bits per heavy atom. The van der Waals surface area contributed by atoms with Crippen molar-refractivity contribution in [2.45, 2.75) is 26.7 Å². The van der Waals surface area contributed by atoms with Crippen molar-refractivity contribution >= 4 is 0 Å². The van der Waals surface area contributed by atoms with Crippen LogP contribution in [0.25, 0.3) is 0 Å². The van der Waals surface area contributed by atoms with Crippen LogP contribution in [0.4, 0.5) is 8.78 Å². The highest BCUT2D eigenvalue weighted by Gasteiger charge is 2.17. The third-order valence-electron chi connectivity index (χ3n) is 2.53. The highest BCUT2D eigenvalue weighted by molar-refractivity contribution is 5.36. The Morgan fingerprint density at radius 2 is 1.93 bits per heavy atom. The minimum Gasteiger partial charge on any atom is -0.330 e. The van der Waals surface area contributed by atoms with Crippen molar-refractivity contribution in [3.05, 3.63) is 34.4 Å². The van der Waals surface area contributed by atoms with Crippen molar-refractivity contribution in [1.29, 1.82) is 0 Å². The zero-order valence-electron chi connectivity index (χ0n) is 8.70. The van der Waals surface area contributed by atoms with E-state index in [0.717, 1.165) is 0 Å². The molecule has 0 aliphatic heterocycles. The molecule has 0 aliphatic carbocycles. The van der Waals surface area contributed by atoms with Gasteiger partial charge in [0.1, 0.15) is 11.6 Å². The maximum atomic E-state index is 13.7. The third-order valence-corrected chi connectivity index (χ3v) is 2.53. The molecule has 1 aromatic rings. The first-order chi connectivity index (χ1) is 6.49. The average molecular weight is 199 g/mol. The first-order valence-electron chi connectivity index (χ1n) is 4.64. The van der Waals surface area contributed by atoms with Crippen molar-refractivity contribution in [3.8, 4) is 0 Å². The van der Waals surface area contributed by atoms with Crippen LogP contribution in [0.3, 0.4) is 0 Å². The molecule has 1 aromatic carbocycles. The van der Waals surface area contributed by atoms with E-state index >= 15 is 0 Å². The second-order valence-electron chi connectivity index (χ2n) is 3.66. The molecule has 0 spiro atoms. The van der Waals surface area contributed by atoms with Crippen LogP contribution < -0.4 is 5.73 Å². The van der Waals surface area contributed by atoms with E-state index in [4.69, 9.17) is 5.73 Å². The number of benzene rings is 1. The number of aryl methyl sites for hydroxylation is 1. The number of hydrogen-bond donors (Lipinski definition) is 1. The molecule has 1 atom stereocenters. The zero-order chi connectivity index (χ0) is 10.9. The molecule has 14 heavy (non-hydrogen) atoms. The molecule has 0 bridgehead atoms. The van der Waals surface area contributed by atoms with Crippen LogP contribution in [0.5, 0.6) is 0 Å². The summed E-state index contributed by atoms with van der Waals surface area (Å²) in [7, 11) is 0. The smallest absolute Gasteiger partial charge is 0.130 e. The van der Waals surface area contributed by atoms with Gasteiger partial charge in [0.05, 0.1) is 0 Å². The Kier molecular flexibility index (Phi) is 3.21. The van der Waals surface area contributed by atoms with E-state index in [1.54, 1.807) is 20.8 Å². The molecule has 0 aliphatic rings. The summed E-state index contributed by atoms with van der Waals surface area (Å²) in [5, 5.41) is 0. The molecule has 0 radical (unpaired) electrons. The molecule has 0 amide bonds. The van der Waals surface area contributed by atoms with Gasteiger partial charge in [0, 0.05) is 0 Å². The Balaban J connectivity index is 3.39. The molecular formula is C11H15F2N. The summed E-state index contributed by atoms with van der Waals surface area (Å²) in [6.45, 7) is 5.26. The first kappa shape index (κ1) is 11.1. The van der Waals surface area contributed by atoms with Crippen molar-refractivity contribution < 1.29 is 8.78 Å². The van der Waals surface area contributed by atoms with Gasteiger partial charge in [0.2, 0.25) is 0 Å². The van der Waals surface area contributed by atoms with Crippen LogP contribution in [0, 0.1) is 25.5 Å². The number of halogens is 2. The summed E-state index contributed by atoms with van der Waals surface area (Å²) in [5.41, 5.74) is 6.56. The molecule has 1 rings (SSSR count). The molecule has 2 N–H and O–H groups in total. The largest absolute Gasteiger partial charge is 0.330 e. The molecule has 78 valence electrons. The second-order valence-corrected chi connectivity index (χ2v) is 3.66. The highest BCUT2D eigenvalue weighted by Crippen LogP contribution is 2.26. The predicted octanol–water partition coefficient (Wildman–Crippen LogP) is 2.64. The topological polar surface area (TPSA) is 26.0 Å². The fraction of sp³-hybridized carbons (Fsp3) is 0.455. The molecule has 0 saturated carbocycles. The average Bonchev–Trinajstić information content (AvgIpc) is 2.15. The molecule has 1 unspecified atom stereocenters. The van der Waals surface area contributed by atoms with E-state index in [0.29, 0.717) is 23.2 Å². The Morgan fingerprint density at radius 1 is 1.36 bits per heavy atom. The van der Waals surface area contributed by atoms with E-state index in [9.17, 15) is 8.78 Å². The minimum atomic E-state index is -0.362. The van der Waals surface area contributed by atoms with Gasteiger partial charge in [0.25, 0.3) is 0 Å². The van der Waals surface area contributed by atoms with Crippen molar-refractivity contribution in [2.75, 3.05) is 6.54 Å². The summed E-state index contributed by atoms with van der Waals surface area (Å²) in [5.74, 6) is -0.842. The Labute approximate surface area is 82.9 Å². The molecule has 0 aromatic heterocycles. The van der Waals surface area contributed by atoms with Gasteiger partial charge in [-0.05, 0) is 49.1 Å². The maximum Gasteiger partial charge on any atom is 0.130 e. The van der Waals surface area contributed by atoms with Crippen LogP contribution in [0.2, 0.25) is 0 Å². The first-order valence-corrected chi connectivity index (χ1v) is 4.64. The van der Waals surface area contributed by atoms with Gasteiger partial charge in [-0.2, -0.15) is 0 Å². The standard InChI is InChI=1S/C11H15F2N/c1-6-4-9(12)8(3)10(11(6)13)7(2)5-14/h4,7H,5,14H2,1-3H3. The van der Waals surface area contributed by atoms with Crippen LogP contribution in [-0.4, -0.2) is 6.54 Å². The van der Waals surface area contributed by atoms with Gasteiger partial charge < -0.3 is 5.73 Å². The van der Waals surface area contributed by atoms with Gasteiger partial charge in [-0.1, -0.05) is 6.92 Å². The Hall–Kier alpha value is -0.960. The van der Waals surface area contributed by atoms with Gasteiger partial charge in [-0.15, -0.1) is 0 Å². The van der Waals surface area contributed by atoms with Crippen LogP contribution in [-0.2, 0) is 0 Å². The van der Waals surface area contributed by atoms with Gasteiger partial charge in [-0.3, -0.25) is 0 Å². The van der Waals surface area contributed by atoms with Gasteiger partial charge >= 0.3 is 0 Å². The van der Waals surface area contributed by atoms with Crippen molar-refractivity contribution in [1.82, 2.24) is 0 Å². The molecular weight excluding hydrogens is 184 g/mol. The van der Waals surface area contributed by atoms with E-state index in [2.05, 4.69) is 0 Å². The number of nitrogens with two attached hydrogens (primary N) is 1. The molecule has 0 saturated heterocycles. The van der Waals surface area contributed by atoms with Crippen LogP contribution in [0.15, 0.2) is 6.07 Å². The molecule has 0 heterocycles. The van der Waals surface area contributed by atoms with Crippen LogP contribution in [0.1, 0.15) is 29.5 Å². The minimum absolute atomic E-state index is 0.149. The summed E-state index contributed by atoms with van der Waals surface area (Å²) >= 11 is 0. The zero-order valence-corrected chi connectivity index (χ0v) is 8.70. The highest BCUT2D eigenvalue weighted by atomic mass is 19.1. The van der Waals surface area contributed by atoms with E-state index in [1.165, 1.54) is 6.07 Å². The number of rotatable bonds is 2. The van der Waals surface area contributed by atoms with E-state index in [-0.39, 0.29) is 17.6 Å². The predicted molar refractivity (Wildman–Crippen MR) is 53.3 cm³/mol. The lowest BCUT2D eigenvalue weighted by Crippen LogP contribution is -2.13. The lowest BCUT2D eigenvalue weighted by atomic mass is 9.93. The normalized spacial score (nSPS) is 13.0. The lowest BCUT2D eigenvalue weighted by Gasteiger charge is -2.15. The monoisotopic (exact) mass is 199 g/mol. The van der Waals surface area contributed by atoms with Crippen molar-refractivity contribution in [2.24, 2.45) is 5.73 Å². The summed E-state index contributed by atoms with van der Waals surface area (Å²) in [6, 6.07) is 1.22. The summed E-state index contributed by atoms with van der Waals surface area (Å²) in [4.78, 5) is 0. The molecule has 0 fully saturated rings.